The number of hydrogen-bond donors (Lipinski definition) is 1. The molecule has 0 spiro atoms. The van der Waals surface area contributed by atoms with Gasteiger partial charge in [-0.2, -0.15) is 0 Å². The molecule has 0 saturated carbocycles. The van der Waals surface area contributed by atoms with Crippen LogP contribution in [-0.2, 0) is 14.9 Å². The summed E-state index contributed by atoms with van der Waals surface area (Å²) in [4.78, 5) is 12.7. The van der Waals surface area contributed by atoms with E-state index in [9.17, 15) is 4.79 Å². The van der Waals surface area contributed by atoms with Crippen molar-refractivity contribution in [2.75, 3.05) is 13.1 Å². The van der Waals surface area contributed by atoms with Crippen LogP contribution in [0.15, 0.2) is 30.3 Å². The van der Waals surface area contributed by atoms with E-state index < -0.39 is 11.0 Å². The van der Waals surface area contributed by atoms with Crippen LogP contribution in [0.5, 0.6) is 0 Å². The summed E-state index contributed by atoms with van der Waals surface area (Å²) in [5.74, 6) is 0.325. The Labute approximate surface area is 128 Å². The van der Waals surface area contributed by atoms with Crippen molar-refractivity contribution in [1.29, 1.82) is 0 Å². The molecule has 116 valence electrons. The zero-order chi connectivity index (χ0) is 15.5. The van der Waals surface area contributed by atoms with Crippen molar-refractivity contribution in [2.24, 2.45) is 5.92 Å². The van der Waals surface area contributed by atoms with Gasteiger partial charge in [0, 0.05) is 18.8 Å². The highest BCUT2D eigenvalue weighted by Crippen LogP contribution is 2.32. The maximum absolute atomic E-state index is 12.7. The molecule has 0 bridgehead atoms. The molecular formula is C18H28NO2+. The molecule has 3 heteroatoms. The van der Waals surface area contributed by atoms with E-state index in [0.29, 0.717) is 5.92 Å². The Hall–Kier alpha value is -1.35. The number of esters is 1. The van der Waals surface area contributed by atoms with E-state index in [-0.39, 0.29) is 5.97 Å². The number of quaternary nitrogens is 1. The Morgan fingerprint density at radius 2 is 1.67 bits per heavy atom. The molecular weight excluding hydrogens is 262 g/mol. The van der Waals surface area contributed by atoms with Gasteiger partial charge in [0.25, 0.3) is 0 Å². The molecule has 0 amide bonds. The van der Waals surface area contributed by atoms with Crippen LogP contribution in [0, 0.1) is 5.92 Å². The first-order valence-electron chi connectivity index (χ1n) is 7.94. The van der Waals surface area contributed by atoms with Gasteiger partial charge in [-0.3, -0.25) is 4.79 Å². The van der Waals surface area contributed by atoms with Crippen LogP contribution in [0.2, 0.25) is 0 Å². The average molecular weight is 290 g/mol. The highest BCUT2D eigenvalue weighted by Gasteiger charge is 2.40. The molecule has 0 unspecified atom stereocenters. The van der Waals surface area contributed by atoms with Gasteiger partial charge >= 0.3 is 5.97 Å². The van der Waals surface area contributed by atoms with Gasteiger partial charge in [0.05, 0.1) is 18.5 Å². The lowest BCUT2D eigenvalue weighted by Gasteiger charge is -2.38. The summed E-state index contributed by atoms with van der Waals surface area (Å²) in [6.07, 6.45) is 2.23. The minimum atomic E-state index is -0.612. The minimum Gasteiger partial charge on any atom is -0.459 e. The fourth-order valence-corrected chi connectivity index (χ4v) is 3.04. The molecule has 1 aromatic carbocycles. The summed E-state index contributed by atoms with van der Waals surface area (Å²) in [6, 6.07) is 9.87. The average Bonchev–Trinajstić information content (AvgIpc) is 2.48. The molecule has 1 aromatic rings. The maximum Gasteiger partial charge on any atom is 0.316 e. The summed E-state index contributed by atoms with van der Waals surface area (Å²) >= 11 is 0. The van der Waals surface area contributed by atoms with Crippen molar-refractivity contribution in [3.8, 4) is 0 Å². The second-order valence-electron chi connectivity index (χ2n) is 7.12. The van der Waals surface area contributed by atoms with Crippen LogP contribution in [0.1, 0.15) is 46.1 Å². The van der Waals surface area contributed by atoms with Crippen LogP contribution < -0.4 is 5.32 Å². The monoisotopic (exact) mass is 290 g/mol. The van der Waals surface area contributed by atoms with E-state index in [1.165, 1.54) is 0 Å². The van der Waals surface area contributed by atoms with Gasteiger partial charge in [-0.25, -0.2) is 0 Å². The molecule has 1 aliphatic heterocycles. The summed E-state index contributed by atoms with van der Waals surface area (Å²) in [5, 5.41) is 2.34. The van der Waals surface area contributed by atoms with Crippen molar-refractivity contribution in [1.82, 2.24) is 0 Å². The molecule has 3 nitrogen and oxygen atoms in total. The van der Waals surface area contributed by atoms with Crippen LogP contribution in [0.25, 0.3) is 0 Å². The number of piperidine rings is 1. The standard InChI is InChI=1S/C18H27NO2/c1-17(2,14-8-6-5-7-9-14)16(20)21-18(3,4)15-10-12-19-13-11-15/h5-9,15,19H,10-13H2,1-4H3/p+1. The number of benzene rings is 1. The van der Waals surface area contributed by atoms with Crippen molar-refractivity contribution >= 4 is 5.97 Å². The maximum atomic E-state index is 12.7. The molecule has 0 atom stereocenters. The molecule has 2 rings (SSSR count). The third-order valence-electron chi connectivity index (χ3n) is 4.78. The molecule has 1 fully saturated rings. The van der Waals surface area contributed by atoms with E-state index in [1.807, 2.05) is 44.2 Å². The van der Waals surface area contributed by atoms with Gasteiger partial charge in [0.15, 0.2) is 0 Å². The zero-order valence-corrected chi connectivity index (χ0v) is 13.7. The Kier molecular flexibility index (Phi) is 4.72. The highest BCUT2D eigenvalue weighted by molar-refractivity contribution is 5.82. The number of rotatable bonds is 4. The first kappa shape index (κ1) is 16.0. The predicted octanol–water partition coefficient (Wildman–Crippen LogP) is 2.26. The Morgan fingerprint density at radius 1 is 1.10 bits per heavy atom. The smallest absolute Gasteiger partial charge is 0.316 e. The van der Waals surface area contributed by atoms with Gasteiger partial charge in [0.2, 0.25) is 0 Å². The summed E-state index contributed by atoms with van der Waals surface area (Å²) in [5.41, 5.74) is -0.000687. The third kappa shape index (κ3) is 3.65. The van der Waals surface area contributed by atoms with Gasteiger partial charge in [0.1, 0.15) is 5.60 Å². The normalized spacial score (nSPS) is 17.5. The van der Waals surface area contributed by atoms with E-state index in [0.717, 1.165) is 31.5 Å². The first-order valence-corrected chi connectivity index (χ1v) is 7.94. The zero-order valence-electron chi connectivity index (χ0n) is 13.7. The molecule has 1 heterocycles. The molecule has 0 aliphatic carbocycles. The van der Waals surface area contributed by atoms with Gasteiger partial charge in [-0.05, 0) is 33.3 Å². The molecule has 1 aliphatic rings. The minimum absolute atomic E-state index is 0.131. The Bertz CT molecular complexity index is 473. The predicted molar refractivity (Wildman–Crippen MR) is 84.0 cm³/mol. The van der Waals surface area contributed by atoms with Crippen molar-refractivity contribution in [2.45, 2.75) is 51.6 Å². The summed E-state index contributed by atoms with van der Waals surface area (Å²) < 4.78 is 5.94. The lowest BCUT2D eigenvalue weighted by atomic mass is 9.81. The first-order chi connectivity index (χ1) is 9.84. The topological polar surface area (TPSA) is 42.9 Å². The number of ether oxygens (including phenoxy) is 1. The summed E-state index contributed by atoms with van der Waals surface area (Å²) in [7, 11) is 0. The Balaban J connectivity index is 2.09. The second-order valence-corrected chi connectivity index (χ2v) is 7.12. The fourth-order valence-electron chi connectivity index (χ4n) is 3.04. The van der Waals surface area contributed by atoms with Crippen LogP contribution >= 0.6 is 0 Å². The molecule has 1 saturated heterocycles. The second kappa shape index (κ2) is 6.18. The van der Waals surface area contributed by atoms with E-state index in [2.05, 4.69) is 19.2 Å². The van der Waals surface area contributed by atoms with Crippen LogP contribution in [0.4, 0.5) is 0 Å². The SMILES string of the molecule is CC(C)(C(=O)OC(C)(C)C1CC[NH2+]CC1)c1ccccc1. The van der Waals surface area contributed by atoms with Crippen molar-refractivity contribution < 1.29 is 14.8 Å². The quantitative estimate of drug-likeness (QED) is 0.864. The number of carbonyl (C=O) groups excluding carboxylic acids is 1. The fraction of sp³-hybridized carbons (Fsp3) is 0.611. The van der Waals surface area contributed by atoms with E-state index in [1.54, 1.807) is 0 Å². The lowest BCUT2D eigenvalue weighted by molar-refractivity contribution is -0.665. The van der Waals surface area contributed by atoms with Crippen molar-refractivity contribution in [3.63, 3.8) is 0 Å². The van der Waals surface area contributed by atoms with Crippen molar-refractivity contribution in [3.05, 3.63) is 35.9 Å². The van der Waals surface area contributed by atoms with Crippen LogP contribution in [-0.4, -0.2) is 24.7 Å². The number of hydrogen-bond acceptors (Lipinski definition) is 2. The molecule has 21 heavy (non-hydrogen) atoms. The third-order valence-corrected chi connectivity index (χ3v) is 4.78. The van der Waals surface area contributed by atoms with E-state index >= 15 is 0 Å². The number of nitrogens with two attached hydrogens (primary N) is 1. The van der Waals surface area contributed by atoms with Gasteiger partial charge in [-0.15, -0.1) is 0 Å². The van der Waals surface area contributed by atoms with Gasteiger partial charge in [-0.1, -0.05) is 30.3 Å². The lowest BCUT2D eigenvalue weighted by Crippen LogP contribution is -2.86. The molecule has 0 radical (unpaired) electrons. The number of carbonyl (C=O) groups is 1. The van der Waals surface area contributed by atoms with E-state index in [4.69, 9.17) is 4.74 Å². The Morgan fingerprint density at radius 3 is 2.24 bits per heavy atom. The summed E-state index contributed by atoms with van der Waals surface area (Å²) in [6.45, 7) is 10.3. The largest absolute Gasteiger partial charge is 0.459 e. The molecule has 0 aromatic heterocycles. The highest BCUT2D eigenvalue weighted by atomic mass is 16.6. The molecule has 2 N–H and O–H groups in total. The van der Waals surface area contributed by atoms with Gasteiger partial charge < -0.3 is 10.1 Å². The van der Waals surface area contributed by atoms with Crippen LogP contribution in [0.3, 0.4) is 0 Å².